The van der Waals surface area contributed by atoms with Gasteiger partial charge in [-0.2, -0.15) is 0 Å². The number of rotatable bonds is 4. The topological polar surface area (TPSA) is 0 Å². The largest absolute Gasteiger partial charge is 0.126 e. The van der Waals surface area contributed by atoms with Crippen molar-refractivity contribution < 1.29 is 0 Å². The fourth-order valence-corrected chi connectivity index (χ4v) is 1.63. The monoisotopic (exact) mass is 182 g/mol. The summed E-state index contributed by atoms with van der Waals surface area (Å²) in [6.07, 6.45) is 1.11. The van der Waals surface area contributed by atoms with Crippen LogP contribution in [0.4, 0.5) is 0 Å². The van der Waals surface area contributed by atoms with Crippen LogP contribution in [-0.2, 0) is 0 Å². The molecule has 0 fully saturated rings. The lowest BCUT2D eigenvalue weighted by atomic mass is 9.86. The Morgan fingerprint density at radius 1 is 1.20 bits per heavy atom. The van der Waals surface area contributed by atoms with Crippen molar-refractivity contribution in [3.05, 3.63) is 0 Å². The molecule has 0 atom stereocenters. The van der Waals surface area contributed by atoms with Gasteiger partial charge in [0.25, 0.3) is 0 Å². The predicted molar refractivity (Wildman–Crippen MR) is 49.0 cm³/mol. The number of hydrogen-bond acceptors (Lipinski definition) is 0. The van der Waals surface area contributed by atoms with Crippen molar-refractivity contribution >= 4 is 23.2 Å². The first-order chi connectivity index (χ1) is 4.54. The molecule has 0 aromatic heterocycles. The summed E-state index contributed by atoms with van der Waals surface area (Å²) in [5, 5.41) is 0. The molecule has 62 valence electrons. The molecule has 0 saturated carbocycles. The summed E-state index contributed by atoms with van der Waals surface area (Å²) >= 11 is 11.5. The van der Waals surface area contributed by atoms with E-state index in [1.165, 1.54) is 0 Å². The van der Waals surface area contributed by atoms with Crippen LogP contribution in [0.1, 0.15) is 27.2 Å². The van der Waals surface area contributed by atoms with Gasteiger partial charge in [-0.15, -0.1) is 23.2 Å². The van der Waals surface area contributed by atoms with Crippen LogP contribution in [0.3, 0.4) is 0 Å². The van der Waals surface area contributed by atoms with E-state index in [1.54, 1.807) is 0 Å². The Hall–Kier alpha value is 0.580. The van der Waals surface area contributed by atoms with Crippen molar-refractivity contribution in [2.45, 2.75) is 27.2 Å². The van der Waals surface area contributed by atoms with Crippen molar-refractivity contribution in [2.24, 2.45) is 11.3 Å². The Morgan fingerprint density at radius 3 is 1.70 bits per heavy atom. The van der Waals surface area contributed by atoms with E-state index in [4.69, 9.17) is 23.2 Å². The molecule has 0 amide bonds. The molecule has 0 aliphatic heterocycles. The van der Waals surface area contributed by atoms with E-state index >= 15 is 0 Å². The summed E-state index contributed by atoms with van der Waals surface area (Å²) in [6, 6.07) is 0. The zero-order valence-corrected chi connectivity index (χ0v) is 8.47. The van der Waals surface area contributed by atoms with Gasteiger partial charge in [0.1, 0.15) is 0 Å². The van der Waals surface area contributed by atoms with Crippen molar-refractivity contribution in [3.63, 3.8) is 0 Å². The third-order valence-corrected chi connectivity index (χ3v) is 2.84. The highest BCUT2D eigenvalue weighted by molar-refractivity contribution is 6.21. The average Bonchev–Trinajstić information content (AvgIpc) is 1.87. The molecule has 0 saturated heterocycles. The average molecular weight is 183 g/mol. The molecule has 0 bridgehead atoms. The molecule has 10 heavy (non-hydrogen) atoms. The normalized spacial score (nSPS) is 12.6. The lowest BCUT2D eigenvalue weighted by molar-refractivity contribution is 0.331. The maximum atomic E-state index is 5.77. The molecule has 0 heterocycles. The van der Waals surface area contributed by atoms with E-state index in [9.17, 15) is 0 Å². The first-order valence-electron chi connectivity index (χ1n) is 3.66. The summed E-state index contributed by atoms with van der Waals surface area (Å²) in [6.45, 7) is 6.52. The van der Waals surface area contributed by atoms with Gasteiger partial charge in [-0.25, -0.2) is 0 Å². The fraction of sp³-hybridized carbons (Fsp3) is 1.00. The van der Waals surface area contributed by atoms with Crippen molar-refractivity contribution in [2.75, 3.05) is 11.8 Å². The molecule has 0 aromatic rings. The van der Waals surface area contributed by atoms with Crippen molar-refractivity contribution in [3.8, 4) is 0 Å². The van der Waals surface area contributed by atoms with E-state index in [2.05, 4.69) is 20.8 Å². The van der Waals surface area contributed by atoms with Gasteiger partial charge in [-0.1, -0.05) is 20.8 Å². The zero-order chi connectivity index (χ0) is 8.20. The van der Waals surface area contributed by atoms with Gasteiger partial charge in [0.15, 0.2) is 0 Å². The van der Waals surface area contributed by atoms with Gasteiger partial charge < -0.3 is 0 Å². The van der Waals surface area contributed by atoms with E-state index < -0.39 is 0 Å². The molecule has 0 aromatic carbocycles. The SMILES string of the molecule is CC(C)CC(C)(CCl)CCl. The maximum Gasteiger partial charge on any atom is 0.0288 e. The lowest BCUT2D eigenvalue weighted by Gasteiger charge is -2.25. The summed E-state index contributed by atoms with van der Waals surface area (Å²) in [5.41, 5.74) is 0.136. The van der Waals surface area contributed by atoms with E-state index in [0.717, 1.165) is 6.42 Å². The Kier molecular flexibility index (Phi) is 4.71. The van der Waals surface area contributed by atoms with Crippen LogP contribution in [0.5, 0.6) is 0 Å². The molecular formula is C8H16Cl2. The quantitative estimate of drug-likeness (QED) is 0.585. The predicted octanol–water partition coefficient (Wildman–Crippen LogP) is 3.52. The Labute approximate surface area is 73.9 Å². The summed E-state index contributed by atoms with van der Waals surface area (Å²) < 4.78 is 0. The third-order valence-electron chi connectivity index (χ3n) is 1.55. The smallest absolute Gasteiger partial charge is 0.0288 e. The summed E-state index contributed by atoms with van der Waals surface area (Å²) in [5.74, 6) is 2.01. The van der Waals surface area contributed by atoms with Gasteiger partial charge >= 0.3 is 0 Å². The van der Waals surface area contributed by atoms with Gasteiger partial charge in [0.2, 0.25) is 0 Å². The molecule has 0 rings (SSSR count). The van der Waals surface area contributed by atoms with Crippen LogP contribution in [-0.4, -0.2) is 11.8 Å². The molecule has 2 heteroatoms. The van der Waals surface area contributed by atoms with Crippen LogP contribution in [0.25, 0.3) is 0 Å². The molecule has 0 unspecified atom stereocenters. The van der Waals surface area contributed by atoms with E-state index in [-0.39, 0.29) is 5.41 Å². The fourth-order valence-electron chi connectivity index (χ4n) is 1.13. The van der Waals surface area contributed by atoms with Gasteiger partial charge in [0, 0.05) is 11.8 Å². The van der Waals surface area contributed by atoms with Crippen LogP contribution in [0.15, 0.2) is 0 Å². The highest BCUT2D eigenvalue weighted by Gasteiger charge is 2.22. The Balaban J connectivity index is 3.80. The first-order valence-corrected chi connectivity index (χ1v) is 4.73. The van der Waals surface area contributed by atoms with Crippen LogP contribution in [0.2, 0.25) is 0 Å². The van der Waals surface area contributed by atoms with Gasteiger partial charge in [-0.05, 0) is 17.8 Å². The minimum Gasteiger partial charge on any atom is -0.126 e. The zero-order valence-electron chi connectivity index (χ0n) is 6.95. The molecule has 0 radical (unpaired) electrons. The van der Waals surface area contributed by atoms with Crippen molar-refractivity contribution in [1.82, 2.24) is 0 Å². The standard InChI is InChI=1S/C8H16Cl2/c1-7(2)4-8(3,5-9)6-10/h7H,4-6H2,1-3H3. The first kappa shape index (κ1) is 10.6. The number of alkyl halides is 2. The second-order valence-corrected chi connectivity index (χ2v) is 4.21. The molecule has 0 nitrogen and oxygen atoms in total. The molecular weight excluding hydrogens is 167 g/mol. The van der Waals surface area contributed by atoms with Gasteiger partial charge in [0.05, 0.1) is 0 Å². The minimum atomic E-state index is 0.136. The lowest BCUT2D eigenvalue weighted by Crippen LogP contribution is -2.22. The molecule has 0 N–H and O–H groups in total. The second-order valence-electron chi connectivity index (χ2n) is 3.68. The molecule has 0 aliphatic carbocycles. The second kappa shape index (κ2) is 4.46. The number of halogens is 2. The van der Waals surface area contributed by atoms with Crippen LogP contribution >= 0.6 is 23.2 Å². The van der Waals surface area contributed by atoms with E-state index in [0.29, 0.717) is 17.7 Å². The molecule has 0 spiro atoms. The maximum absolute atomic E-state index is 5.77. The Bertz CT molecular complexity index is 85.3. The summed E-state index contributed by atoms with van der Waals surface area (Å²) in [7, 11) is 0. The van der Waals surface area contributed by atoms with Crippen LogP contribution in [0, 0.1) is 11.3 Å². The number of hydrogen-bond donors (Lipinski definition) is 0. The minimum absolute atomic E-state index is 0.136. The van der Waals surface area contributed by atoms with Crippen molar-refractivity contribution in [1.29, 1.82) is 0 Å². The Morgan fingerprint density at radius 2 is 1.60 bits per heavy atom. The third kappa shape index (κ3) is 3.68. The highest BCUT2D eigenvalue weighted by Crippen LogP contribution is 2.28. The highest BCUT2D eigenvalue weighted by atomic mass is 35.5. The van der Waals surface area contributed by atoms with Gasteiger partial charge in [-0.3, -0.25) is 0 Å². The van der Waals surface area contributed by atoms with Crippen LogP contribution < -0.4 is 0 Å². The summed E-state index contributed by atoms with van der Waals surface area (Å²) in [4.78, 5) is 0. The molecule has 0 aliphatic rings. The van der Waals surface area contributed by atoms with E-state index in [1.807, 2.05) is 0 Å².